The second-order valence-corrected chi connectivity index (χ2v) is 8.15. The van der Waals surface area contributed by atoms with Gasteiger partial charge in [0.15, 0.2) is 0 Å². The molecule has 1 aromatic heterocycles. The van der Waals surface area contributed by atoms with Crippen LogP contribution in [0, 0.1) is 6.92 Å². The van der Waals surface area contributed by atoms with Crippen molar-refractivity contribution in [3.63, 3.8) is 0 Å². The molecular weight excluding hydrogens is 426 g/mol. The van der Waals surface area contributed by atoms with E-state index in [1.807, 2.05) is 0 Å². The lowest BCUT2D eigenvalue weighted by Gasteiger charge is -2.22. The van der Waals surface area contributed by atoms with Gasteiger partial charge in [0.05, 0.1) is 18.7 Å². The van der Waals surface area contributed by atoms with E-state index in [2.05, 4.69) is 10.2 Å². The first kappa shape index (κ1) is 20.1. The fourth-order valence-corrected chi connectivity index (χ4v) is 4.12. The summed E-state index contributed by atoms with van der Waals surface area (Å²) in [6, 6.07) is 12.4. The molecule has 3 aromatic rings. The summed E-state index contributed by atoms with van der Waals surface area (Å²) in [5.74, 6) is -1.25. The summed E-state index contributed by atoms with van der Waals surface area (Å²) in [5.41, 5.74) is 0.975. The maximum absolute atomic E-state index is 13.0. The van der Waals surface area contributed by atoms with Crippen molar-refractivity contribution in [1.82, 2.24) is 10.2 Å². The van der Waals surface area contributed by atoms with Crippen LogP contribution in [0.5, 0.6) is 5.75 Å². The first-order valence-electron chi connectivity index (χ1n) is 8.91. The van der Waals surface area contributed by atoms with E-state index in [4.69, 9.17) is 16.3 Å². The third-order valence-corrected chi connectivity index (χ3v) is 5.81. The van der Waals surface area contributed by atoms with Gasteiger partial charge in [-0.2, -0.15) is 0 Å². The summed E-state index contributed by atoms with van der Waals surface area (Å²) < 4.78 is 5.14. The Morgan fingerprint density at radius 3 is 2.33 bits per heavy atom. The summed E-state index contributed by atoms with van der Waals surface area (Å²) in [6.07, 6.45) is 0. The number of aromatic nitrogens is 2. The SMILES string of the molecule is COc1ccc(C(O)=C2C(=O)C(=O)N(c3nnc(C)s3)[C@H]2c2ccc(Cl)cc2)cc1. The second kappa shape index (κ2) is 7.89. The van der Waals surface area contributed by atoms with E-state index < -0.39 is 17.7 Å². The van der Waals surface area contributed by atoms with Gasteiger partial charge in [-0.05, 0) is 48.9 Å². The Labute approximate surface area is 181 Å². The van der Waals surface area contributed by atoms with E-state index in [-0.39, 0.29) is 16.5 Å². The maximum Gasteiger partial charge on any atom is 0.301 e. The van der Waals surface area contributed by atoms with Crippen molar-refractivity contribution in [2.75, 3.05) is 12.0 Å². The van der Waals surface area contributed by atoms with Crippen molar-refractivity contribution in [1.29, 1.82) is 0 Å². The molecule has 152 valence electrons. The van der Waals surface area contributed by atoms with Gasteiger partial charge in [0, 0.05) is 10.6 Å². The quantitative estimate of drug-likeness (QED) is 0.371. The lowest BCUT2D eigenvalue weighted by molar-refractivity contribution is -0.132. The molecule has 1 aliphatic heterocycles. The summed E-state index contributed by atoms with van der Waals surface area (Å²) in [5, 5.41) is 20.5. The number of halogens is 1. The summed E-state index contributed by atoms with van der Waals surface area (Å²) in [4.78, 5) is 27.2. The Kier molecular flexibility index (Phi) is 5.27. The molecule has 1 saturated heterocycles. The zero-order valence-corrected chi connectivity index (χ0v) is 17.6. The lowest BCUT2D eigenvalue weighted by atomic mass is 9.95. The van der Waals surface area contributed by atoms with E-state index in [0.717, 1.165) is 0 Å². The second-order valence-electron chi connectivity index (χ2n) is 6.55. The highest BCUT2D eigenvalue weighted by Gasteiger charge is 2.48. The van der Waals surface area contributed by atoms with Crippen LogP contribution in [0.4, 0.5) is 5.13 Å². The highest BCUT2D eigenvalue weighted by Crippen LogP contribution is 2.43. The number of aryl methyl sites for hydroxylation is 1. The first-order valence-corrected chi connectivity index (χ1v) is 10.1. The molecule has 2 aromatic carbocycles. The van der Waals surface area contributed by atoms with Gasteiger partial charge < -0.3 is 9.84 Å². The van der Waals surface area contributed by atoms with Crippen LogP contribution in [0.1, 0.15) is 22.2 Å². The number of Topliss-reactive ketones (excluding diaryl/α,β-unsaturated/α-hetero) is 1. The van der Waals surface area contributed by atoms with Crippen molar-refractivity contribution in [3.8, 4) is 5.75 Å². The highest BCUT2D eigenvalue weighted by atomic mass is 35.5. The number of rotatable bonds is 4. The molecule has 1 aliphatic rings. The number of methoxy groups -OCH3 is 1. The predicted octanol–water partition coefficient (Wildman–Crippen LogP) is 4.13. The van der Waals surface area contributed by atoms with Crippen LogP contribution in [0.15, 0.2) is 54.1 Å². The third kappa shape index (κ3) is 3.44. The molecule has 7 nitrogen and oxygen atoms in total. The van der Waals surface area contributed by atoms with Gasteiger partial charge in [-0.15, -0.1) is 10.2 Å². The predicted molar refractivity (Wildman–Crippen MR) is 114 cm³/mol. The number of hydrogen-bond donors (Lipinski definition) is 1. The fraction of sp³-hybridized carbons (Fsp3) is 0.143. The van der Waals surface area contributed by atoms with Gasteiger partial charge in [0.25, 0.3) is 5.78 Å². The number of anilines is 1. The van der Waals surface area contributed by atoms with Crippen LogP contribution >= 0.6 is 22.9 Å². The lowest BCUT2D eigenvalue weighted by Crippen LogP contribution is -2.29. The molecule has 1 atom stereocenters. The molecule has 1 fully saturated rings. The molecule has 9 heteroatoms. The van der Waals surface area contributed by atoms with Crippen LogP contribution < -0.4 is 9.64 Å². The molecule has 0 unspecified atom stereocenters. The standard InChI is InChI=1S/C21H16ClN3O4S/c1-11-23-24-21(30-11)25-17(12-3-7-14(22)8-4-12)16(19(27)20(25)28)18(26)13-5-9-15(29-2)10-6-13/h3-10,17,26H,1-2H3/t17-/m0/s1. The molecule has 0 spiro atoms. The van der Waals surface area contributed by atoms with Crippen molar-refractivity contribution in [2.45, 2.75) is 13.0 Å². The minimum Gasteiger partial charge on any atom is -0.507 e. The van der Waals surface area contributed by atoms with Gasteiger partial charge in [-0.25, -0.2) is 0 Å². The monoisotopic (exact) mass is 441 g/mol. The Bertz CT molecular complexity index is 1160. The van der Waals surface area contributed by atoms with Crippen molar-refractivity contribution in [2.24, 2.45) is 0 Å². The van der Waals surface area contributed by atoms with Crippen molar-refractivity contribution < 1.29 is 19.4 Å². The van der Waals surface area contributed by atoms with E-state index in [0.29, 0.717) is 26.9 Å². The molecular formula is C21H16ClN3O4S. The molecule has 0 aliphatic carbocycles. The third-order valence-electron chi connectivity index (χ3n) is 4.72. The Balaban J connectivity index is 1.91. The van der Waals surface area contributed by atoms with E-state index >= 15 is 0 Å². The van der Waals surface area contributed by atoms with Gasteiger partial charge >= 0.3 is 5.91 Å². The van der Waals surface area contributed by atoms with Crippen LogP contribution in [-0.4, -0.2) is 34.1 Å². The number of hydrogen-bond acceptors (Lipinski definition) is 7. The smallest absolute Gasteiger partial charge is 0.301 e. The minimum atomic E-state index is -0.864. The number of aliphatic hydroxyl groups excluding tert-OH is 1. The average molecular weight is 442 g/mol. The maximum atomic E-state index is 13.0. The Morgan fingerprint density at radius 2 is 1.77 bits per heavy atom. The zero-order chi connectivity index (χ0) is 21.4. The summed E-state index contributed by atoms with van der Waals surface area (Å²) in [7, 11) is 1.53. The molecule has 2 heterocycles. The molecule has 1 amide bonds. The minimum absolute atomic E-state index is 0.0275. The number of carbonyl (C=O) groups excluding carboxylic acids is 2. The number of ether oxygens (including phenoxy) is 1. The van der Waals surface area contributed by atoms with Gasteiger partial charge in [0.1, 0.15) is 16.5 Å². The fourth-order valence-electron chi connectivity index (χ4n) is 3.28. The summed E-state index contributed by atoms with van der Waals surface area (Å²) >= 11 is 7.21. The molecule has 0 bridgehead atoms. The number of nitrogens with zero attached hydrogens (tertiary/aromatic N) is 3. The van der Waals surface area contributed by atoms with Gasteiger partial charge in [-0.3, -0.25) is 14.5 Å². The van der Waals surface area contributed by atoms with Crippen LogP contribution in [0.25, 0.3) is 5.76 Å². The zero-order valence-electron chi connectivity index (χ0n) is 16.0. The van der Waals surface area contributed by atoms with Gasteiger partial charge in [-0.1, -0.05) is 35.1 Å². The van der Waals surface area contributed by atoms with E-state index in [1.54, 1.807) is 55.5 Å². The number of ketones is 1. The number of benzene rings is 2. The molecule has 0 saturated carbocycles. The number of carbonyl (C=O) groups is 2. The largest absolute Gasteiger partial charge is 0.507 e. The number of aliphatic hydroxyl groups is 1. The number of amides is 1. The van der Waals surface area contributed by atoms with Crippen molar-refractivity contribution >= 4 is 45.5 Å². The Morgan fingerprint density at radius 1 is 1.10 bits per heavy atom. The summed E-state index contributed by atoms with van der Waals surface area (Å²) in [6.45, 7) is 1.76. The van der Waals surface area contributed by atoms with Crippen molar-refractivity contribution in [3.05, 3.63) is 75.3 Å². The molecule has 1 N–H and O–H groups in total. The topological polar surface area (TPSA) is 92.6 Å². The molecule has 30 heavy (non-hydrogen) atoms. The van der Waals surface area contributed by atoms with Crippen LogP contribution in [-0.2, 0) is 9.59 Å². The first-order chi connectivity index (χ1) is 14.4. The molecule has 0 radical (unpaired) electrons. The van der Waals surface area contributed by atoms with Crippen LogP contribution in [0.3, 0.4) is 0 Å². The van der Waals surface area contributed by atoms with E-state index in [9.17, 15) is 14.7 Å². The highest BCUT2D eigenvalue weighted by molar-refractivity contribution is 7.15. The van der Waals surface area contributed by atoms with E-state index in [1.165, 1.54) is 23.3 Å². The normalized spacial score (nSPS) is 18.1. The van der Waals surface area contributed by atoms with Gasteiger partial charge in [0.2, 0.25) is 5.13 Å². The average Bonchev–Trinajstić information content (AvgIpc) is 3.29. The van der Waals surface area contributed by atoms with Crippen LogP contribution in [0.2, 0.25) is 5.02 Å². The Hall–Kier alpha value is -3.23. The molecule has 4 rings (SSSR count).